The van der Waals surface area contributed by atoms with E-state index in [1.54, 1.807) is 0 Å². The van der Waals surface area contributed by atoms with Gasteiger partial charge in [-0.05, 0) is 62.0 Å². The van der Waals surface area contributed by atoms with Crippen LogP contribution in [0, 0.1) is 31.1 Å². The summed E-state index contributed by atoms with van der Waals surface area (Å²) in [4.78, 5) is 31.9. The van der Waals surface area contributed by atoms with Crippen LogP contribution in [-0.2, 0) is 0 Å². The van der Waals surface area contributed by atoms with Crippen molar-refractivity contribution < 1.29 is 9.59 Å². The normalized spacial score (nSPS) is 23.2. The molecule has 192 valence electrons. The van der Waals surface area contributed by atoms with E-state index in [1.165, 1.54) is 12.0 Å². The number of anilines is 1. The van der Waals surface area contributed by atoms with Crippen LogP contribution in [0.5, 0.6) is 0 Å². The molecule has 1 aromatic rings. The summed E-state index contributed by atoms with van der Waals surface area (Å²) in [5.41, 5.74) is 4.88. The minimum Gasteiger partial charge on any atom is -0.338 e. The number of hydrogen-bond acceptors (Lipinski definition) is 3. The number of para-hydroxylation sites is 1. The number of carbonyl (C=O) groups excluding carboxylic acids is 2. The molecule has 1 saturated carbocycles. The Morgan fingerprint density at radius 1 is 1.11 bits per heavy atom. The number of allylic oxidation sites excluding steroid dienone is 1. The second kappa shape index (κ2) is 10.6. The maximum atomic E-state index is 12.8. The summed E-state index contributed by atoms with van der Waals surface area (Å²) in [5.74, 6) is 1.41. The molecule has 2 N–H and O–H groups in total. The largest absolute Gasteiger partial charge is 0.338 e. The molecular formula is C28H43N5O2. The molecule has 2 fully saturated rings. The van der Waals surface area contributed by atoms with Gasteiger partial charge in [0.05, 0.1) is 0 Å². The van der Waals surface area contributed by atoms with Gasteiger partial charge < -0.3 is 20.4 Å². The second-order valence-electron chi connectivity index (χ2n) is 11.1. The van der Waals surface area contributed by atoms with Crippen LogP contribution in [0.3, 0.4) is 0 Å². The van der Waals surface area contributed by atoms with E-state index >= 15 is 0 Å². The quantitative estimate of drug-likeness (QED) is 0.565. The Balaban J connectivity index is 1.28. The molecule has 35 heavy (non-hydrogen) atoms. The number of piperazine rings is 1. The minimum atomic E-state index is -0.0309. The van der Waals surface area contributed by atoms with Gasteiger partial charge in [-0.25, -0.2) is 9.59 Å². The Kier molecular flexibility index (Phi) is 7.74. The highest BCUT2D eigenvalue weighted by atomic mass is 16.2. The van der Waals surface area contributed by atoms with Crippen LogP contribution in [0.25, 0.3) is 0 Å². The van der Waals surface area contributed by atoms with E-state index in [1.807, 2.05) is 48.8 Å². The topological polar surface area (TPSA) is 67.9 Å². The first kappa shape index (κ1) is 25.5. The maximum Gasteiger partial charge on any atom is 0.321 e. The highest BCUT2D eigenvalue weighted by Gasteiger charge is 2.51. The minimum absolute atomic E-state index is 0.0271. The molecule has 2 unspecified atom stereocenters. The molecular weight excluding hydrogens is 438 g/mol. The molecule has 4 aliphatic rings. The summed E-state index contributed by atoms with van der Waals surface area (Å²) in [7, 11) is 0. The number of nitrogens with zero attached hydrogens (tertiary/aromatic N) is 3. The van der Waals surface area contributed by atoms with E-state index in [0.717, 1.165) is 55.3 Å². The van der Waals surface area contributed by atoms with Crippen LogP contribution in [0.4, 0.5) is 15.3 Å². The van der Waals surface area contributed by atoms with Crippen LogP contribution in [0.2, 0.25) is 0 Å². The van der Waals surface area contributed by atoms with Crippen LogP contribution in [0.15, 0.2) is 29.8 Å². The second-order valence-corrected chi connectivity index (χ2v) is 11.1. The zero-order valence-electron chi connectivity index (χ0n) is 22.2. The third kappa shape index (κ3) is 5.50. The van der Waals surface area contributed by atoms with Gasteiger partial charge >= 0.3 is 12.1 Å². The fourth-order valence-corrected chi connectivity index (χ4v) is 6.03. The molecule has 1 heterocycles. The molecule has 3 aliphatic carbocycles. The van der Waals surface area contributed by atoms with Gasteiger partial charge in [0, 0.05) is 58.0 Å². The molecule has 1 aliphatic heterocycles. The lowest BCUT2D eigenvalue weighted by Crippen LogP contribution is -2.53. The number of aryl methyl sites for hydroxylation is 2. The number of benzene rings is 1. The summed E-state index contributed by atoms with van der Waals surface area (Å²) in [6.07, 6.45) is 4.81. The number of carbonyl (C=O) groups is 2. The molecule has 2 bridgehead atoms. The van der Waals surface area contributed by atoms with Gasteiger partial charge in [-0.1, -0.05) is 43.7 Å². The average Bonchev–Trinajstić information content (AvgIpc) is 2.84. The summed E-state index contributed by atoms with van der Waals surface area (Å²) in [5, 5.41) is 6.11. The zero-order valence-corrected chi connectivity index (χ0v) is 22.2. The molecule has 0 radical (unpaired) electrons. The van der Waals surface area contributed by atoms with E-state index in [9.17, 15) is 9.59 Å². The monoisotopic (exact) mass is 481 g/mol. The predicted octanol–water partition coefficient (Wildman–Crippen LogP) is 4.48. The fourth-order valence-electron chi connectivity index (χ4n) is 6.03. The van der Waals surface area contributed by atoms with Gasteiger partial charge in [-0.15, -0.1) is 0 Å². The number of fused-ring (bicyclic) bond motifs is 1. The van der Waals surface area contributed by atoms with Crippen LogP contribution in [0.1, 0.15) is 44.7 Å². The molecule has 0 spiro atoms. The summed E-state index contributed by atoms with van der Waals surface area (Å²) < 4.78 is 0. The number of amides is 4. The number of urea groups is 2. The lowest BCUT2D eigenvalue weighted by Gasteiger charge is -2.57. The number of hydrogen-bond donors (Lipinski definition) is 2. The van der Waals surface area contributed by atoms with Crippen molar-refractivity contribution >= 4 is 17.7 Å². The first-order valence-electron chi connectivity index (χ1n) is 13.3. The van der Waals surface area contributed by atoms with Gasteiger partial charge in [-0.2, -0.15) is 0 Å². The van der Waals surface area contributed by atoms with E-state index in [-0.39, 0.29) is 12.1 Å². The lowest BCUT2D eigenvalue weighted by molar-refractivity contribution is -0.00982. The molecule has 1 aromatic carbocycles. The Morgan fingerprint density at radius 2 is 1.80 bits per heavy atom. The third-order valence-corrected chi connectivity index (χ3v) is 8.63. The van der Waals surface area contributed by atoms with Crippen molar-refractivity contribution in [3.63, 3.8) is 0 Å². The van der Waals surface area contributed by atoms with Crippen molar-refractivity contribution in [1.82, 2.24) is 20.0 Å². The van der Waals surface area contributed by atoms with E-state index < -0.39 is 0 Å². The Bertz CT molecular complexity index is 944. The van der Waals surface area contributed by atoms with Crippen LogP contribution >= 0.6 is 0 Å². The fraction of sp³-hybridized carbons (Fsp3) is 0.643. The van der Waals surface area contributed by atoms with Crippen molar-refractivity contribution in [3.8, 4) is 0 Å². The van der Waals surface area contributed by atoms with E-state index in [0.29, 0.717) is 37.5 Å². The molecule has 1 saturated heterocycles. The van der Waals surface area contributed by atoms with E-state index in [4.69, 9.17) is 0 Å². The van der Waals surface area contributed by atoms with Crippen LogP contribution in [-0.4, -0.2) is 79.1 Å². The highest BCUT2D eigenvalue weighted by molar-refractivity contribution is 5.91. The Hall–Kier alpha value is -2.54. The molecule has 0 aromatic heterocycles. The smallest absolute Gasteiger partial charge is 0.321 e. The lowest BCUT2D eigenvalue weighted by atomic mass is 9.49. The first-order valence-corrected chi connectivity index (χ1v) is 13.3. The van der Waals surface area contributed by atoms with E-state index in [2.05, 4.69) is 35.5 Å². The molecule has 7 nitrogen and oxygen atoms in total. The summed E-state index contributed by atoms with van der Waals surface area (Å²) in [6.45, 7) is 16.7. The molecule has 2 atom stereocenters. The van der Waals surface area contributed by atoms with Gasteiger partial charge in [0.15, 0.2) is 0 Å². The summed E-state index contributed by atoms with van der Waals surface area (Å²) in [6, 6.07) is 6.05. The van der Waals surface area contributed by atoms with Gasteiger partial charge in [0.2, 0.25) is 0 Å². The number of nitrogens with one attached hydrogen (secondary N) is 2. The highest BCUT2D eigenvalue weighted by Crippen LogP contribution is 2.59. The first-order chi connectivity index (χ1) is 16.7. The molecule has 5 rings (SSSR count). The van der Waals surface area contributed by atoms with Crippen molar-refractivity contribution in [2.75, 3.05) is 57.7 Å². The standard InChI is InChI=1S/C28H43N5O2/c1-6-29-26(34)33(19-22-10-11-23-18-24(22)28(23,4)5)17-14-31-12-15-32(16-13-31)27(35)30-25-20(2)8-7-9-21(25)3/h7-10,23-24H,6,11-19H2,1-5H3,(H,29,34)(H,30,35). The zero-order chi connectivity index (χ0) is 25.2. The Morgan fingerprint density at radius 3 is 2.40 bits per heavy atom. The number of rotatable bonds is 7. The van der Waals surface area contributed by atoms with Crippen molar-refractivity contribution in [2.24, 2.45) is 17.3 Å². The molecule has 7 heteroatoms. The van der Waals surface area contributed by atoms with Crippen molar-refractivity contribution in [1.29, 1.82) is 0 Å². The summed E-state index contributed by atoms with van der Waals surface area (Å²) >= 11 is 0. The van der Waals surface area contributed by atoms with Crippen LogP contribution < -0.4 is 10.6 Å². The van der Waals surface area contributed by atoms with Gasteiger partial charge in [0.25, 0.3) is 0 Å². The average molecular weight is 482 g/mol. The SMILES string of the molecule is CCNC(=O)N(CCN1CCN(C(=O)Nc2c(C)cccc2C)CC1)CC1=CCC2CC1C2(C)C. The van der Waals surface area contributed by atoms with Gasteiger partial charge in [0.1, 0.15) is 0 Å². The van der Waals surface area contributed by atoms with Crippen molar-refractivity contribution in [3.05, 3.63) is 41.0 Å². The predicted molar refractivity (Wildman–Crippen MR) is 142 cm³/mol. The van der Waals surface area contributed by atoms with Crippen molar-refractivity contribution in [2.45, 2.75) is 47.5 Å². The van der Waals surface area contributed by atoms with Gasteiger partial charge in [-0.3, -0.25) is 4.90 Å². The third-order valence-electron chi connectivity index (χ3n) is 8.63. The maximum absolute atomic E-state index is 12.8. The molecule has 4 amide bonds. The Labute approximate surface area is 210 Å².